The van der Waals surface area contributed by atoms with E-state index in [-0.39, 0.29) is 6.61 Å². The molecule has 1 aromatic carbocycles. The number of aromatic nitrogens is 2. The zero-order chi connectivity index (χ0) is 13.7. The van der Waals surface area contributed by atoms with Crippen LogP contribution >= 0.6 is 23.4 Å². The number of halogens is 1. The number of hydrogen-bond donors (Lipinski definition) is 1. The maximum Gasteiger partial charge on any atom is 0.169 e. The first-order chi connectivity index (χ1) is 9.26. The number of aliphatic hydroxyl groups is 1. The fourth-order valence-electron chi connectivity index (χ4n) is 1.82. The number of ether oxygens (including phenoxy) is 1. The lowest BCUT2D eigenvalue weighted by molar-refractivity contribution is 0.186. The molecule has 0 aliphatic carbocycles. The third-order valence-electron chi connectivity index (χ3n) is 2.73. The fourth-order valence-corrected chi connectivity index (χ4v) is 2.95. The molecule has 0 fully saturated rings. The van der Waals surface area contributed by atoms with Crippen LogP contribution in [0.1, 0.15) is 6.42 Å². The summed E-state index contributed by atoms with van der Waals surface area (Å²) in [6, 6.07) is 5.73. The first-order valence-electron chi connectivity index (χ1n) is 6.14. The van der Waals surface area contributed by atoms with E-state index in [4.69, 9.17) is 21.4 Å². The molecular formula is C13H17ClN2O2S. The van der Waals surface area contributed by atoms with Crippen LogP contribution in [0.5, 0.6) is 0 Å². The van der Waals surface area contributed by atoms with Gasteiger partial charge in [-0.25, -0.2) is 4.98 Å². The van der Waals surface area contributed by atoms with Gasteiger partial charge in [0.2, 0.25) is 0 Å². The minimum Gasteiger partial charge on any atom is -0.396 e. The van der Waals surface area contributed by atoms with Gasteiger partial charge in [-0.15, -0.1) is 0 Å². The summed E-state index contributed by atoms with van der Waals surface area (Å²) < 4.78 is 7.28. The monoisotopic (exact) mass is 300 g/mol. The predicted octanol–water partition coefficient (Wildman–Crippen LogP) is 2.81. The number of thioether (sulfide) groups is 1. The van der Waals surface area contributed by atoms with Gasteiger partial charge in [0.25, 0.3) is 0 Å². The Labute approximate surface area is 121 Å². The third-order valence-corrected chi connectivity index (χ3v) is 4.03. The molecule has 0 aliphatic heterocycles. The van der Waals surface area contributed by atoms with Crippen LogP contribution in [0.2, 0.25) is 5.02 Å². The van der Waals surface area contributed by atoms with Crippen LogP contribution in [0.25, 0.3) is 11.0 Å². The second kappa shape index (κ2) is 7.14. The highest BCUT2D eigenvalue weighted by Crippen LogP contribution is 2.26. The Bertz CT molecular complexity index is 545. The van der Waals surface area contributed by atoms with E-state index in [1.54, 1.807) is 18.9 Å². The predicted molar refractivity (Wildman–Crippen MR) is 79.0 cm³/mol. The molecule has 2 aromatic rings. The Balaban J connectivity index is 2.30. The average Bonchev–Trinajstić information content (AvgIpc) is 2.73. The number of fused-ring (bicyclic) bond motifs is 1. The van der Waals surface area contributed by atoms with E-state index in [2.05, 4.69) is 9.55 Å². The van der Waals surface area contributed by atoms with E-state index in [0.717, 1.165) is 34.9 Å². The quantitative estimate of drug-likeness (QED) is 0.631. The Morgan fingerprint density at radius 2 is 2.32 bits per heavy atom. The minimum absolute atomic E-state index is 0.205. The normalized spacial score (nSPS) is 11.3. The summed E-state index contributed by atoms with van der Waals surface area (Å²) in [4.78, 5) is 4.60. The Hall–Kier alpha value is -0.750. The second-order valence-electron chi connectivity index (χ2n) is 4.10. The number of aliphatic hydroxyl groups excluding tert-OH is 1. The molecule has 0 bridgehead atoms. The van der Waals surface area contributed by atoms with Gasteiger partial charge in [0.1, 0.15) is 0 Å². The lowest BCUT2D eigenvalue weighted by atomic mass is 10.3. The molecule has 0 radical (unpaired) electrons. The van der Waals surface area contributed by atoms with Crippen molar-refractivity contribution < 1.29 is 9.84 Å². The second-order valence-corrected chi connectivity index (χ2v) is 5.60. The molecule has 0 saturated heterocycles. The highest BCUT2D eigenvalue weighted by atomic mass is 35.5. The number of methoxy groups -OCH3 is 1. The van der Waals surface area contributed by atoms with E-state index in [1.807, 2.05) is 18.2 Å². The number of imidazole rings is 1. The summed E-state index contributed by atoms with van der Waals surface area (Å²) in [7, 11) is 1.69. The molecule has 0 amide bonds. The van der Waals surface area contributed by atoms with Crippen molar-refractivity contribution in [3.8, 4) is 0 Å². The van der Waals surface area contributed by atoms with E-state index in [1.165, 1.54) is 0 Å². The van der Waals surface area contributed by atoms with Crippen LogP contribution in [0.15, 0.2) is 23.4 Å². The molecule has 0 spiro atoms. The van der Waals surface area contributed by atoms with E-state index >= 15 is 0 Å². The number of nitrogens with zero attached hydrogens (tertiary/aromatic N) is 2. The van der Waals surface area contributed by atoms with Gasteiger partial charge in [-0.2, -0.15) is 0 Å². The molecule has 0 saturated carbocycles. The largest absolute Gasteiger partial charge is 0.396 e. The molecule has 0 unspecified atom stereocenters. The standard InChI is InChI=1S/C13H17ClN2O2S/c1-18-7-5-16-12-4-3-10(14)9-11(12)15-13(16)19-8-2-6-17/h3-4,9,17H,2,5-8H2,1H3. The van der Waals surface area contributed by atoms with Gasteiger partial charge >= 0.3 is 0 Å². The molecule has 1 N–H and O–H groups in total. The van der Waals surface area contributed by atoms with Crippen molar-refractivity contribution in [2.24, 2.45) is 0 Å². The van der Waals surface area contributed by atoms with Gasteiger partial charge in [-0.1, -0.05) is 23.4 Å². The van der Waals surface area contributed by atoms with Gasteiger partial charge in [0.15, 0.2) is 5.16 Å². The van der Waals surface area contributed by atoms with Crippen molar-refractivity contribution in [1.29, 1.82) is 0 Å². The lowest BCUT2D eigenvalue weighted by Crippen LogP contribution is -2.05. The average molecular weight is 301 g/mol. The summed E-state index contributed by atoms with van der Waals surface area (Å²) >= 11 is 7.64. The summed E-state index contributed by atoms with van der Waals surface area (Å²) in [5, 5.41) is 10.5. The van der Waals surface area contributed by atoms with Gasteiger partial charge in [0.05, 0.1) is 17.6 Å². The maximum atomic E-state index is 8.85. The summed E-state index contributed by atoms with van der Waals surface area (Å²) in [5.74, 6) is 0.848. The van der Waals surface area contributed by atoms with Crippen molar-refractivity contribution >= 4 is 34.4 Å². The SMILES string of the molecule is COCCn1c(SCCCO)nc2cc(Cl)ccc21. The van der Waals surface area contributed by atoms with Gasteiger partial charge in [-0.3, -0.25) is 0 Å². The molecule has 19 heavy (non-hydrogen) atoms. The van der Waals surface area contributed by atoms with Crippen LogP contribution in [-0.4, -0.2) is 40.7 Å². The molecule has 6 heteroatoms. The van der Waals surface area contributed by atoms with Crippen LogP contribution in [-0.2, 0) is 11.3 Å². The zero-order valence-corrected chi connectivity index (χ0v) is 12.4. The molecule has 4 nitrogen and oxygen atoms in total. The zero-order valence-electron chi connectivity index (χ0n) is 10.8. The van der Waals surface area contributed by atoms with Crippen LogP contribution in [0.3, 0.4) is 0 Å². The van der Waals surface area contributed by atoms with Crippen molar-refractivity contribution in [2.45, 2.75) is 18.1 Å². The van der Waals surface area contributed by atoms with E-state index < -0.39 is 0 Å². The molecule has 1 aromatic heterocycles. The smallest absolute Gasteiger partial charge is 0.169 e. The first-order valence-corrected chi connectivity index (χ1v) is 7.51. The topological polar surface area (TPSA) is 47.3 Å². The molecule has 1 heterocycles. The number of benzene rings is 1. The highest BCUT2D eigenvalue weighted by Gasteiger charge is 2.11. The van der Waals surface area contributed by atoms with E-state index in [0.29, 0.717) is 11.6 Å². The van der Waals surface area contributed by atoms with Crippen LogP contribution in [0.4, 0.5) is 0 Å². The van der Waals surface area contributed by atoms with Crippen molar-refractivity contribution in [1.82, 2.24) is 9.55 Å². The molecule has 104 valence electrons. The number of rotatable bonds is 7. The van der Waals surface area contributed by atoms with Gasteiger partial charge < -0.3 is 14.4 Å². The summed E-state index contributed by atoms with van der Waals surface area (Å²) in [6.07, 6.45) is 0.763. The number of hydrogen-bond acceptors (Lipinski definition) is 4. The highest BCUT2D eigenvalue weighted by molar-refractivity contribution is 7.99. The fraction of sp³-hybridized carbons (Fsp3) is 0.462. The Morgan fingerprint density at radius 3 is 3.05 bits per heavy atom. The van der Waals surface area contributed by atoms with Crippen molar-refractivity contribution in [3.05, 3.63) is 23.2 Å². The molecular weight excluding hydrogens is 284 g/mol. The van der Waals surface area contributed by atoms with E-state index in [9.17, 15) is 0 Å². The minimum atomic E-state index is 0.205. The molecule has 2 rings (SSSR count). The Kier molecular flexibility index (Phi) is 5.51. The Morgan fingerprint density at radius 1 is 1.47 bits per heavy atom. The third kappa shape index (κ3) is 3.63. The van der Waals surface area contributed by atoms with Crippen LogP contribution in [0, 0.1) is 0 Å². The van der Waals surface area contributed by atoms with Crippen LogP contribution < -0.4 is 0 Å². The van der Waals surface area contributed by atoms with Gasteiger partial charge in [-0.05, 0) is 24.6 Å². The summed E-state index contributed by atoms with van der Waals surface area (Å²) in [6.45, 7) is 1.61. The molecule has 0 atom stereocenters. The van der Waals surface area contributed by atoms with Crippen molar-refractivity contribution in [3.63, 3.8) is 0 Å². The first kappa shape index (κ1) is 14.7. The maximum absolute atomic E-state index is 8.85. The lowest BCUT2D eigenvalue weighted by Gasteiger charge is -2.07. The molecule has 0 aliphatic rings. The summed E-state index contributed by atoms with van der Waals surface area (Å²) in [5.41, 5.74) is 1.96. The van der Waals surface area contributed by atoms with Gasteiger partial charge in [0, 0.05) is 31.0 Å². The van der Waals surface area contributed by atoms with Crippen molar-refractivity contribution in [2.75, 3.05) is 26.1 Å².